The van der Waals surface area contributed by atoms with Crippen LogP contribution >= 0.6 is 11.6 Å². The molecule has 5 nitrogen and oxygen atoms in total. The summed E-state index contributed by atoms with van der Waals surface area (Å²) in [5, 5.41) is 6.40. The maximum absolute atomic E-state index is 12.0. The van der Waals surface area contributed by atoms with Crippen molar-refractivity contribution in [3.8, 4) is 11.5 Å². The van der Waals surface area contributed by atoms with Gasteiger partial charge in [0.15, 0.2) is 0 Å². The summed E-state index contributed by atoms with van der Waals surface area (Å²) >= 11 is 5.93. The van der Waals surface area contributed by atoms with Crippen LogP contribution in [0.3, 0.4) is 0 Å². The number of carbonyl (C=O) groups is 1. The van der Waals surface area contributed by atoms with E-state index < -0.39 is 0 Å². The van der Waals surface area contributed by atoms with Gasteiger partial charge >= 0.3 is 0 Å². The topological polar surface area (TPSA) is 59.6 Å². The second kappa shape index (κ2) is 8.41. The van der Waals surface area contributed by atoms with Crippen LogP contribution in [0.5, 0.6) is 11.5 Å². The molecule has 0 atom stereocenters. The van der Waals surface area contributed by atoms with Gasteiger partial charge in [-0.2, -0.15) is 0 Å². The van der Waals surface area contributed by atoms with Gasteiger partial charge in [0, 0.05) is 11.6 Å². The van der Waals surface area contributed by atoms with Gasteiger partial charge in [0.25, 0.3) is 0 Å². The van der Waals surface area contributed by atoms with E-state index in [1.165, 1.54) is 0 Å². The van der Waals surface area contributed by atoms with Crippen molar-refractivity contribution in [2.24, 2.45) is 0 Å². The molecule has 0 unspecified atom stereocenters. The van der Waals surface area contributed by atoms with Crippen LogP contribution in [0.4, 0.5) is 5.69 Å². The van der Waals surface area contributed by atoms with Gasteiger partial charge < -0.3 is 20.1 Å². The van der Waals surface area contributed by atoms with E-state index in [9.17, 15) is 4.79 Å². The predicted molar refractivity (Wildman–Crippen MR) is 91.3 cm³/mol. The molecule has 0 spiro atoms. The van der Waals surface area contributed by atoms with Crippen LogP contribution in [-0.2, 0) is 11.3 Å². The van der Waals surface area contributed by atoms with Crippen molar-refractivity contribution >= 4 is 23.2 Å². The monoisotopic (exact) mass is 334 g/mol. The molecular weight excluding hydrogens is 316 g/mol. The highest BCUT2D eigenvalue weighted by Crippen LogP contribution is 2.27. The minimum Gasteiger partial charge on any atom is -0.497 e. The van der Waals surface area contributed by atoms with Crippen molar-refractivity contribution in [3.05, 3.63) is 53.1 Å². The van der Waals surface area contributed by atoms with Crippen LogP contribution in [0, 0.1) is 0 Å². The average Bonchev–Trinajstić information content (AvgIpc) is 2.56. The molecule has 0 aliphatic heterocycles. The first-order valence-corrected chi connectivity index (χ1v) is 7.47. The standard InChI is InChI=1S/C17H19ClN2O3/c1-22-14-6-3-12(4-7-14)10-19-11-17(21)20-15-9-13(18)5-8-16(15)23-2/h3-9,19H,10-11H2,1-2H3,(H,20,21). The minimum atomic E-state index is -0.168. The van der Waals surface area contributed by atoms with E-state index >= 15 is 0 Å². The summed E-state index contributed by atoms with van der Waals surface area (Å²) < 4.78 is 10.3. The Labute approximate surface area is 140 Å². The average molecular weight is 335 g/mol. The number of carbonyl (C=O) groups excluding carboxylic acids is 1. The molecule has 2 aromatic rings. The van der Waals surface area contributed by atoms with Crippen LogP contribution in [-0.4, -0.2) is 26.7 Å². The third kappa shape index (κ3) is 5.16. The van der Waals surface area contributed by atoms with E-state index in [2.05, 4.69) is 10.6 Å². The Morgan fingerprint density at radius 2 is 1.83 bits per heavy atom. The van der Waals surface area contributed by atoms with Gasteiger partial charge in [0.1, 0.15) is 11.5 Å². The molecule has 23 heavy (non-hydrogen) atoms. The normalized spacial score (nSPS) is 10.2. The summed E-state index contributed by atoms with van der Waals surface area (Å²) in [6, 6.07) is 12.7. The maximum Gasteiger partial charge on any atom is 0.238 e. The highest BCUT2D eigenvalue weighted by Gasteiger charge is 2.08. The lowest BCUT2D eigenvalue weighted by molar-refractivity contribution is -0.115. The predicted octanol–water partition coefficient (Wildman–Crippen LogP) is 3.09. The molecule has 6 heteroatoms. The number of hydrogen-bond donors (Lipinski definition) is 2. The molecule has 2 N–H and O–H groups in total. The van der Waals surface area contributed by atoms with Crippen LogP contribution in [0.25, 0.3) is 0 Å². The number of rotatable bonds is 7. The summed E-state index contributed by atoms with van der Waals surface area (Å²) in [7, 11) is 3.17. The highest BCUT2D eigenvalue weighted by molar-refractivity contribution is 6.31. The molecule has 1 amide bonds. The fourth-order valence-corrected chi connectivity index (χ4v) is 2.21. The smallest absolute Gasteiger partial charge is 0.238 e. The first-order chi connectivity index (χ1) is 11.1. The van der Waals surface area contributed by atoms with Crippen LogP contribution in [0.1, 0.15) is 5.56 Å². The Balaban J connectivity index is 1.84. The highest BCUT2D eigenvalue weighted by atomic mass is 35.5. The molecule has 0 radical (unpaired) electrons. The Bertz CT molecular complexity index is 659. The zero-order valence-corrected chi connectivity index (χ0v) is 13.8. The number of hydrogen-bond acceptors (Lipinski definition) is 4. The second-order valence-corrected chi connectivity index (χ2v) is 5.28. The molecule has 0 fully saturated rings. The Hall–Kier alpha value is -2.24. The molecule has 2 rings (SSSR count). The first-order valence-electron chi connectivity index (χ1n) is 7.09. The van der Waals surface area contributed by atoms with Crippen molar-refractivity contribution < 1.29 is 14.3 Å². The first kappa shape index (κ1) is 17.1. The summed E-state index contributed by atoms with van der Waals surface area (Å²) in [5.41, 5.74) is 1.62. The zero-order chi connectivity index (χ0) is 16.7. The van der Waals surface area contributed by atoms with Crippen LogP contribution in [0.15, 0.2) is 42.5 Å². The van der Waals surface area contributed by atoms with Gasteiger partial charge in [-0.25, -0.2) is 0 Å². The van der Waals surface area contributed by atoms with Crippen molar-refractivity contribution in [2.75, 3.05) is 26.1 Å². The van der Waals surface area contributed by atoms with E-state index in [-0.39, 0.29) is 12.5 Å². The van der Waals surface area contributed by atoms with E-state index in [0.29, 0.717) is 23.0 Å². The van der Waals surface area contributed by atoms with Gasteiger partial charge in [0.2, 0.25) is 5.91 Å². The lowest BCUT2D eigenvalue weighted by Gasteiger charge is -2.11. The van der Waals surface area contributed by atoms with Gasteiger partial charge in [-0.15, -0.1) is 0 Å². The van der Waals surface area contributed by atoms with Crippen molar-refractivity contribution in [1.29, 1.82) is 0 Å². The molecule has 0 saturated carbocycles. The molecule has 0 bridgehead atoms. The lowest BCUT2D eigenvalue weighted by atomic mass is 10.2. The summed E-state index contributed by atoms with van der Waals surface area (Å²) in [5.74, 6) is 1.21. The Morgan fingerprint density at radius 1 is 1.09 bits per heavy atom. The zero-order valence-electron chi connectivity index (χ0n) is 13.1. The van der Waals surface area contributed by atoms with Gasteiger partial charge in [0.05, 0.1) is 26.5 Å². The SMILES string of the molecule is COc1ccc(CNCC(=O)Nc2cc(Cl)ccc2OC)cc1. The van der Waals surface area contributed by atoms with Crippen molar-refractivity contribution in [1.82, 2.24) is 5.32 Å². The summed E-state index contributed by atoms with van der Waals surface area (Å²) in [6.45, 7) is 0.770. The van der Waals surface area contributed by atoms with E-state index in [1.807, 2.05) is 24.3 Å². The van der Waals surface area contributed by atoms with Crippen molar-refractivity contribution in [3.63, 3.8) is 0 Å². The molecule has 0 saturated heterocycles. The van der Waals surface area contributed by atoms with Crippen LogP contribution < -0.4 is 20.1 Å². The lowest BCUT2D eigenvalue weighted by Crippen LogP contribution is -2.27. The molecule has 0 aliphatic rings. The van der Waals surface area contributed by atoms with Crippen molar-refractivity contribution in [2.45, 2.75) is 6.54 Å². The molecular formula is C17H19ClN2O3. The maximum atomic E-state index is 12.0. The fraction of sp³-hybridized carbons (Fsp3) is 0.235. The Kier molecular flexibility index (Phi) is 6.26. The van der Waals surface area contributed by atoms with Crippen LogP contribution in [0.2, 0.25) is 5.02 Å². The third-order valence-corrected chi connectivity index (χ3v) is 3.44. The van der Waals surface area contributed by atoms with Gasteiger partial charge in [-0.3, -0.25) is 4.79 Å². The number of nitrogens with one attached hydrogen (secondary N) is 2. The fourth-order valence-electron chi connectivity index (χ4n) is 2.04. The number of benzene rings is 2. The number of ether oxygens (including phenoxy) is 2. The molecule has 0 heterocycles. The number of halogens is 1. The second-order valence-electron chi connectivity index (χ2n) is 4.84. The molecule has 0 aromatic heterocycles. The molecule has 2 aromatic carbocycles. The minimum absolute atomic E-state index is 0.168. The summed E-state index contributed by atoms with van der Waals surface area (Å²) in [4.78, 5) is 12.0. The Morgan fingerprint density at radius 3 is 2.48 bits per heavy atom. The summed E-state index contributed by atoms with van der Waals surface area (Å²) in [6.07, 6.45) is 0. The van der Waals surface area contributed by atoms with Gasteiger partial charge in [-0.1, -0.05) is 23.7 Å². The molecule has 122 valence electrons. The van der Waals surface area contributed by atoms with E-state index in [0.717, 1.165) is 11.3 Å². The quantitative estimate of drug-likeness (QED) is 0.817. The van der Waals surface area contributed by atoms with Gasteiger partial charge in [-0.05, 0) is 35.9 Å². The van der Waals surface area contributed by atoms with E-state index in [4.69, 9.17) is 21.1 Å². The molecule has 0 aliphatic carbocycles. The largest absolute Gasteiger partial charge is 0.497 e. The number of anilines is 1. The number of amides is 1. The third-order valence-electron chi connectivity index (χ3n) is 3.21. The number of methoxy groups -OCH3 is 2. The van der Waals surface area contributed by atoms with E-state index in [1.54, 1.807) is 32.4 Å².